The van der Waals surface area contributed by atoms with Crippen molar-refractivity contribution in [2.24, 2.45) is 0 Å². The van der Waals surface area contributed by atoms with Crippen LogP contribution in [0, 0.1) is 0 Å². The van der Waals surface area contributed by atoms with Crippen LogP contribution < -0.4 is 0 Å². The molecule has 0 amide bonds. The molecular formula is C17H17NO2. The molecule has 0 N–H and O–H groups in total. The van der Waals surface area contributed by atoms with Gasteiger partial charge in [-0.25, -0.2) is 4.79 Å². The van der Waals surface area contributed by atoms with Crippen molar-refractivity contribution in [2.45, 2.75) is 19.4 Å². The number of esters is 1. The molecule has 0 bridgehead atoms. The third kappa shape index (κ3) is 3.12. The summed E-state index contributed by atoms with van der Waals surface area (Å²) in [5, 5.41) is 0. The van der Waals surface area contributed by atoms with Gasteiger partial charge in [0.15, 0.2) is 0 Å². The number of carbonyl (C=O) groups excluding carboxylic acids is 1. The molecule has 2 rings (SSSR count). The predicted octanol–water partition coefficient (Wildman–Crippen LogP) is 3.82. The highest BCUT2D eigenvalue weighted by molar-refractivity contribution is 5.90. The van der Waals surface area contributed by atoms with Crippen molar-refractivity contribution in [2.75, 3.05) is 0 Å². The number of nitrogens with zero attached hydrogens (tertiary/aromatic N) is 1. The third-order valence-electron chi connectivity index (χ3n) is 3.08. The van der Waals surface area contributed by atoms with Gasteiger partial charge in [-0.05, 0) is 49.2 Å². The van der Waals surface area contributed by atoms with Gasteiger partial charge in [-0.3, -0.25) is 4.98 Å². The Bertz CT molecular complexity index is 618. The minimum atomic E-state index is -0.704. The highest BCUT2D eigenvalue weighted by atomic mass is 16.6. The first-order valence-corrected chi connectivity index (χ1v) is 6.39. The Morgan fingerprint density at radius 3 is 2.60 bits per heavy atom. The van der Waals surface area contributed by atoms with Crippen LogP contribution in [-0.4, -0.2) is 11.0 Å². The van der Waals surface area contributed by atoms with E-state index in [0.717, 1.165) is 11.1 Å². The molecule has 1 heterocycles. The van der Waals surface area contributed by atoms with Gasteiger partial charge < -0.3 is 4.74 Å². The number of ether oxygens (including phenoxy) is 1. The van der Waals surface area contributed by atoms with Crippen molar-refractivity contribution in [1.29, 1.82) is 0 Å². The van der Waals surface area contributed by atoms with Crippen molar-refractivity contribution in [3.8, 4) is 0 Å². The molecule has 0 fully saturated rings. The number of benzene rings is 1. The summed E-state index contributed by atoms with van der Waals surface area (Å²) in [6, 6.07) is 10.9. The quantitative estimate of drug-likeness (QED) is 0.790. The molecule has 1 aromatic heterocycles. The second-order valence-electron chi connectivity index (χ2n) is 4.97. The second-order valence-corrected chi connectivity index (χ2v) is 4.97. The SMILES string of the molecule is C=Cc1cccc(C(=O)OC(C)(C)c2ccncc2)c1. The van der Waals surface area contributed by atoms with Crippen LogP contribution in [0.5, 0.6) is 0 Å². The fraction of sp³-hybridized carbons (Fsp3) is 0.176. The molecule has 3 heteroatoms. The first-order valence-electron chi connectivity index (χ1n) is 6.39. The molecule has 0 aliphatic rings. The molecule has 20 heavy (non-hydrogen) atoms. The van der Waals surface area contributed by atoms with E-state index in [1.54, 1.807) is 30.6 Å². The van der Waals surface area contributed by atoms with E-state index in [-0.39, 0.29) is 5.97 Å². The number of hydrogen-bond acceptors (Lipinski definition) is 3. The number of pyridine rings is 1. The highest BCUT2D eigenvalue weighted by Crippen LogP contribution is 2.25. The Morgan fingerprint density at radius 1 is 1.25 bits per heavy atom. The van der Waals surface area contributed by atoms with Gasteiger partial charge in [-0.15, -0.1) is 0 Å². The van der Waals surface area contributed by atoms with Crippen molar-refractivity contribution in [1.82, 2.24) is 4.98 Å². The topological polar surface area (TPSA) is 39.2 Å². The fourth-order valence-electron chi connectivity index (χ4n) is 1.90. The molecule has 3 nitrogen and oxygen atoms in total. The molecule has 0 saturated heterocycles. The van der Waals surface area contributed by atoms with Crippen LogP contribution in [0.4, 0.5) is 0 Å². The second kappa shape index (κ2) is 5.70. The van der Waals surface area contributed by atoms with Gasteiger partial charge in [0.05, 0.1) is 5.56 Å². The molecule has 0 saturated carbocycles. The molecule has 0 aliphatic heterocycles. The summed E-state index contributed by atoms with van der Waals surface area (Å²) in [5.41, 5.74) is 1.61. The largest absolute Gasteiger partial charge is 0.451 e. The van der Waals surface area contributed by atoms with Gasteiger partial charge >= 0.3 is 5.97 Å². The average molecular weight is 267 g/mol. The summed E-state index contributed by atoms with van der Waals surface area (Å²) < 4.78 is 5.61. The van der Waals surface area contributed by atoms with E-state index < -0.39 is 5.60 Å². The third-order valence-corrected chi connectivity index (χ3v) is 3.08. The standard InChI is InChI=1S/C17H17NO2/c1-4-13-6-5-7-14(12-13)16(19)20-17(2,3)15-8-10-18-11-9-15/h4-12H,1H2,2-3H3. The maximum absolute atomic E-state index is 12.2. The van der Waals surface area contributed by atoms with E-state index in [1.165, 1.54) is 0 Å². The van der Waals surface area contributed by atoms with Gasteiger partial charge in [-0.2, -0.15) is 0 Å². The molecule has 0 radical (unpaired) electrons. The van der Waals surface area contributed by atoms with Gasteiger partial charge in [0.2, 0.25) is 0 Å². The van der Waals surface area contributed by atoms with E-state index >= 15 is 0 Å². The van der Waals surface area contributed by atoms with Crippen molar-refractivity contribution < 1.29 is 9.53 Å². The molecule has 0 spiro atoms. The number of aromatic nitrogens is 1. The van der Waals surface area contributed by atoms with Gasteiger partial charge in [-0.1, -0.05) is 24.8 Å². The lowest BCUT2D eigenvalue weighted by Gasteiger charge is -2.25. The number of hydrogen-bond donors (Lipinski definition) is 0. The molecule has 102 valence electrons. The van der Waals surface area contributed by atoms with E-state index in [0.29, 0.717) is 5.56 Å². The summed E-state index contributed by atoms with van der Waals surface area (Å²) in [6.45, 7) is 7.41. The highest BCUT2D eigenvalue weighted by Gasteiger charge is 2.25. The molecule has 2 aromatic rings. The molecule has 0 unspecified atom stereocenters. The summed E-state index contributed by atoms with van der Waals surface area (Å²) >= 11 is 0. The Morgan fingerprint density at radius 2 is 1.95 bits per heavy atom. The first kappa shape index (κ1) is 14.0. The van der Waals surface area contributed by atoms with Gasteiger partial charge in [0.1, 0.15) is 5.60 Å². The van der Waals surface area contributed by atoms with Crippen LogP contribution in [0.3, 0.4) is 0 Å². The van der Waals surface area contributed by atoms with Gasteiger partial charge in [0.25, 0.3) is 0 Å². The minimum absolute atomic E-state index is 0.351. The van der Waals surface area contributed by atoms with Crippen molar-refractivity contribution in [3.63, 3.8) is 0 Å². The zero-order valence-electron chi connectivity index (χ0n) is 11.7. The van der Waals surface area contributed by atoms with E-state index in [9.17, 15) is 4.79 Å². The summed E-state index contributed by atoms with van der Waals surface area (Å²) in [6.07, 6.45) is 5.07. The lowest BCUT2D eigenvalue weighted by molar-refractivity contribution is -0.00316. The Labute approximate surface area is 118 Å². The molecule has 1 aromatic carbocycles. The average Bonchev–Trinajstić information content (AvgIpc) is 2.48. The van der Waals surface area contributed by atoms with Crippen LogP contribution in [0.15, 0.2) is 55.4 Å². The number of rotatable bonds is 4. The monoisotopic (exact) mass is 267 g/mol. The van der Waals surface area contributed by atoms with Crippen LogP contribution >= 0.6 is 0 Å². The zero-order valence-corrected chi connectivity index (χ0v) is 11.7. The Balaban J connectivity index is 2.20. The van der Waals surface area contributed by atoms with Crippen molar-refractivity contribution >= 4 is 12.0 Å². The molecule has 0 atom stereocenters. The van der Waals surface area contributed by atoms with Crippen LogP contribution in [0.1, 0.15) is 35.3 Å². The molecule has 0 aliphatic carbocycles. The van der Waals surface area contributed by atoms with Crippen molar-refractivity contribution in [3.05, 3.63) is 72.1 Å². The van der Waals surface area contributed by atoms with Crippen LogP contribution in [0.2, 0.25) is 0 Å². The van der Waals surface area contributed by atoms with Gasteiger partial charge in [0, 0.05) is 12.4 Å². The zero-order chi connectivity index (χ0) is 14.6. The Hall–Kier alpha value is -2.42. The lowest BCUT2D eigenvalue weighted by Crippen LogP contribution is -2.25. The normalized spacial score (nSPS) is 10.9. The van der Waals surface area contributed by atoms with E-state index in [2.05, 4.69) is 11.6 Å². The van der Waals surface area contributed by atoms with E-state index in [4.69, 9.17) is 4.74 Å². The maximum atomic E-state index is 12.2. The fourth-order valence-corrected chi connectivity index (χ4v) is 1.90. The Kier molecular flexibility index (Phi) is 3.99. The summed E-state index contributed by atoms with van der Waals surface area (Å²) in [5.74, 6) is -0.351. The number of carbonyl (C=O) groups is 1. The molecular weight excluding hydrogens is 250 g/mol. The van der Waals surface area contributed by atoms with Crippen LogP contribution in [0.25, 0.3) is 6.08 Å². The smallest absolute Gasteiger partial charge is 0.339 e. The predicted molar refractivity (Wildman–Crippen MR) is 79.2 cm³/mol. The summed E-state index contributed by atoms with van der Waals surface area (Å²) in [4.78, 5) is 16.2. The van der Waals surface area contributed by atoms with E-state index in [1.807, 2.05) is 38.1 Å². The lowest BCUT2D eigenvalue weighted by atomic mass is 9.99. The minimum Gasteiger partial charge on any atom is -0.451 e. The first-order chi connectivity index (χ1) is 9.53. The summed E-state index contributed by atoms with van der Waals surface area (Å²) in [7, 11) is 0. The van der Waals surface area contributed by atoms with Crippen LogP contribution in [-0.2, 0) is 10.3 Å². The maximum Gasteiger partial charge on any atom is 0.339 e.